The highest BCUT2D eigenvalue weighted by atomic mass is 32.2. The van der Waals surface area contributed by atoms with Gasteiger partial charge in [0.2, 0.25) is 0 Å². The van der Waals surface area contributed by atoms with Gasteiger partial charge in [-0.2, -0.15) is 0 Å². The Labute approximate surface area is 142 Å². The zero-order chi connectivity index (χ0) is 15.9. The van der Waals surface area contributed by atoms with Crippen LogP contribution in [0.15, 0.2) is 42.5 Å². The second-order valence-electron chi connectivity index (χ2n) is 5.32. The number of hydrogen-bond acceptors (Lipinski definition) is 3. The Morgan fingerprint density at radius 1 is 1.09 bits per heavy atom. The quantitative estimate of drug-likeness (QED) is 0.797. The summed E-state index contributed by atoms with van der Waals surface area (Å²) >= 11 is 6.99. The summed E-state index contributed by atoms with van der Waals surface area (Å²) in [5.41, 5.74) is 4.33. The highest BCUT2D eigenvalue weighted by molar-refractivity contribution is 8.22. The third-order valence-electron chi connectivity index (χ3n) is 3.45. The van der Waals surface area contributed by atoms with E-state index < -0.39 is 0 Å². The van der Waals surface area contributed by atoms with Gasteiger partial charge >= 0.3 is 0 Å². The van der Waals surface area contributed by atoms with E-state index in [-0.39, 0.29) is 0 Å². The first-order valence-electron chi connectivity index (χ1n) is 7.30. The summed E-state index contributed by atoms with van der Waals surface area (Å²) in [7, 11) is 0. The minimum Gasteiger partial charge on any atom is -0.507 e. The van der Waals surface area contributed by atoms with Crippen LogP contribution in [0.3, 0.4) is 0 Å². The van der Waals surface area contributed by atoms with Crippen molar-refractivity contribution in [1.29, 1.82) is 0 Å². The van der Waals surface area contributed by atoms with Gasteiger partial charge in [-0.25, -0.2) is 0 Å². The van der Waals surface area contributed by atoms with Crippen molar-refractivity contribution < 1.29 is 5.11 Å². The van der Waals surface area contributed by atoms with Crippen molar-refractivity contribution >= 4 is 28.3 Å². The van der Waals surface area contributed by atoms with Gasteiger partial charge in [0.15, 0.2) is 0 Å². The maximum Gasteiger partial charge on any atom is 0.134 e. The molecule has 22 heavy (non-hydrogen) atoms. The van der Waals surface area contributed by atoms with Crippen molar-refractivity contribution in [2.24, 2.45) is 0 Å². The number of thioether (sulfide) groups is 1. The highest BCUT2D eigenvalue weighted by Crippen LogP contribution is 2.25. The van der Waals surface area contributed by atoms with Crippen LogP contribution in [-0.2, 0) is 12.2 Å². The fourth-order valence-electron chi connectivity index (χ4n) is 2.28. The van der Waals surface area contributed by atoms with Crippen LogP contribution in [0, 0.1) is 13.8 Å². The summed E-state index contributed by atoms with van der Waals surface area (Å²) < 4.78 is 0.819. The first kappa shape index (κ1) is 16.8. The van der Waals surface area contributed by atoms with Gasteiger partial charge < -0.3 is 10.4 Å². The molecule has 0 amide bonds. The molecule has 0 saturated carbocycles. The molecule has 0 fully saturated rings. The number of phenols is 1. The van der Waals surface area contributed by atoms with E-state index in [9.17, 15) is 5.11 Å². The Hall–Kier alpha value is -1.52. The molecule has 0 heterocycles. The summed E-state index contributed by atoms with van der Waals surface area (Å²) in [4.78, 5) is 0. The second kappa shape index (κ2) is 8.20. The van der Waals surface area contributed by atoms with Crippen LogP contribution in [0.5, 0.6) is 5.75 Å². The van der Waals surface area contributed by atoms with Gasteiger partial charge in [0.05, 0.1) is 0 Å². The highest BCUT2D eigenvalue weighted by Gasteiger charge is 2.05. The topological polar surface area (TPSA) is 32.3 Å². The fourth-order valence-corrected chi connectivity index (χ4v) is 3.23. The molecule has 4 heteroatoms. The van der Waals surface area contributed by atoms with Crippen LogP contribution in [0.4, 0.5) is 0 Å². The molecular formula is C18H21NOS2. The molecule has 0 atom stereocenters. The van der Waals surface area contributed by atoms with E-state index in [4.69, 9.17) is 12.2 Å². The zero-order valence-corrected chi connectivity index (χ0v) is 14.6. The summed E-state index contributed by atoms with van der Waals surface area (Å²) in [6, 6.07) is 14.4. The van der Waals surface area contributed by atoms with Crippen LogP contribution >= 0.6 is 24.0 Å². The first-order chi connectivity index (χ1) is 10.6. The number of benzene rings is 2. The molecule has 0 radical (unpaired) electrons. The summed E-state index contributed by atoms with van der Waals surface area (Å²) in [6.45, 7) is 4.70. The number of thiocarbonyl (C=S) groups is 1. The van der Waals surface area contributed by atoms with Crippen LogP contribution in [0.1, 0.15) is 22.3 Å². The number of aryl methyl sites for hydroxylation is 2. The lowest BCUT2D eigenvalue weighted by molar-refractivity contribution is 0.466. The predicted octanol–water partition coefficient (Wildman–Crippen LogP) is 4.36. The number of aromatic hydroxyl groups is 1. The molecule has 0 saturated heterocycles. The molecule has 0 aliphatic carbocycles. The molecule has 2 nitrogen and oxygen atoms in total. The van der Waals surface area contributed by atoms with E-state index in [1.165, 1.54) is 11.1 Å². The zero-order valence-electron chi connectivity index (χ0n) is 12.9. The lowest BCUT2D eigenvalue weighted by Crippen LogP contribution is -2.21. The van der Waals surface area contributed by atoms with Crippen LogP contribution in [0.25, 0.3) is 0 Å². The van der Waals surface area contributed by atoms with Crippen molar-refractivity contribution in [3.63, 3.8) is 0 Å². The lowest BCUT2D eigenvalue weighted by atomic mass is 10.1. The van der Waals surface area contributed by atoms with E-state index in [1.807, 2.05) is 32.0 Å². The molecule has 0 aromatic heterocycles. The molecule has 0 bridgehead atoms. The fraction of sp³-hybridized carbons (Fsp3) is 0.278. The molecule has 0 aliphatic heterocycles. The molecule has 0 unspecified atom stereocenters. The van der Waals surface area contributed by atoms with Gasteiger partial charge in [0, 0.05) is 12.3 Å². The molecule has 2 aromatic rings. The van der Waals surface area contributed by atoms with Crippen molar-refractivity contribution in [3.8, 4) is 5.75 Å². The first-order valence-corrected chi connectivity index (χ1v) is 8.69. The molecule has 2 rings (SSSR count). The van der Waals surface area contributed by atoms with Gasteiger partial charge in [-0.15, -0.1) is 0 Å². The number of phenolic OH excluding ortho intramolecular Hbond substituents is 1. The molecule has 0 aliphatic rings. The van der Waals surface area contributed by atoms with E-state index >= 15 is 0 Å². The van der Waals surface area contributed by atoms with Crippen molar-refractivity contribution in [2.75, 3.05) is 6.54 Å². The maximum absolute atomic E-state index is 9.79. The molecular weight excluding hydrogens is 310 g/mol. The molecule has 2 N–H and O–H groups in total. The van der Waals surface area contributed by atoms with Gasteiger partial charge in [-0.3, -0.25) is 0 Å². The number of rotatable bonds is 5. The average molecular weight is 332 g/mol. The van der Waals surface area contributed by atoms with Crippen molar-refractivity contribution in [1.82, 2.24) is 5.32 Å². The third-order valence-corrected chi connectivity index (χ3v) is 4.83. The van der Waals surface area contributed by atoms with E-state index in [0.29, 0.717) is 5.75 Å². The van der Waals surface area contributed by atoms with Gasteiger partial charge in [0.25, 0.3) is 0 Å². The van der Waals surface area contributed by atoms with Crippen LogP contribution < -0.4 is 5.32 Å². The summed E-state index contributed by atoms with van der Waals surface area (Å²) in [5, 5.41) is 13.1. The van der Waals surface area contributed by atoms with Gasteiger partial charge in [-0.1, -0.05) is 66.4 Å². The van der Waals surface area contributed by atoms with Gasteiger partial charge in [-0.05, 0) is 42.5 Å². The Morgan fingerprint density at radius 2 is 1.73 bits per heavy atom. The van der Waals surface area contributed by atoms with E-state index in [2.05, 4.69) is 29.6 Å². The Balaban J connectivity index is 1.76. The predicted molar refractivity (Wildman–Crippen MR) is 99.6 cm³/mol. The Kier molecular flexibility index (Phi) is 6.28. The summed E-state index contributed by atoms with van der Waals surface area (Å²) in [6.07, 6.45) is 0.971. The third kappa shape index (κ3) is 5.04. The maximum atomic E-state index is 9.79. The summed E-state index contributed by atoms with van der Waals surface area (Å²) in [5.74, 6) is 1.20. The van der Waals surface area contributed by atoms with Crippen molar-refractivity contribution in [2.45, 2.75) is 26.0 Å². The number of hydrogen-bond donors (Lipinski definition) is 2. The smallest absolute Gasteiger partial charge is 0.134 e. The molecule has 2 aromatic carbocycles. The minimum atomic E-state index is 0.386. The molecule has 116 valence electrons. The SMILES string of the molecule is Cc1cc(CSC(=S)NCCc2ccccc2)cc(C)c1O. The Morgan fingerprint density at radius 3 is 2.36 bits per heavy atom. The second-order valence-corrected chi connectivity index (χ2v) is 6.97. The van der Waals surface area contributed by atoms with Gasteiger partial charge in [0.1, 0.15) is 10.1 Å². The van der Waals surface area contributed by atoms with E-state index in [1.54, 1.807) is 11.8 Å². The van der Waals surface area contributed by atoms with Crippen molar-refractivity contribution in [3.05, 3.63) is 64.7 Å². The average Bonchev–Trinajstić information content (AvgIpc) is 2.51. The minimum absolute atomic E-state index is 0.386. The largest absolute Gasteiger partial charge is 0.507 e. The Bertz CT molecular complexity index is 618. The number of nitrogens with one attached hydrogen (secondary N) is 1. The van der Waals surface area contributed by atoms with Crippen LogP contribution in [0.2, 0.25) is 0 Å². The standard InChI is InChI=1S/C18H21NOS2/c1-13-10-16(11-14(2)17(13)20)12-22-18(21)19-9-8-15-6-4-3-5-7-15/h3-7,10-11,20H,8-9,12H2,1-2H3,(H,19,21). The van der Waals surface area contributed by atoms with Crippen LogP contribution in [-0.4, -0.2) is 16.0 Å². The monoisotopic (exact) mass is 331 g/mol. The molecule has 0 spiro atoms. The van der Waals surface area contributed by atoms with E-state index in [0.717, 1.165) is 34.2 Å². The normalized spacial score (nSPS) is 10.5. The lowest BCUT2D eigenvalue weighted by Gasteiger charge is -2.10.